The van der Waals surface area contributed by atoms with Crippen LogP contribution in [0.25, 0.3) is 5.57 Å². The highest BCUT2D eigenvalue weighted by molar-refractivity contribution is 7.13. The van der Waals surface area contributed by atoms with Crippen LogP contribution in [0.15, 0.2) is 67.9 Å². The number of hydrogen-bond donors (Lipinski definition) is 2. The molecule has 0 saturated heterocycles. The first-order chi connectivity index (χ1) is 16.8. The van der Waals surface area contributed by atoms with Crippen LogP contribution in [0.1, 0.15) is 41.8 Å². The maximum atomic E-state index is 12.7. The Morgan fingerprint density at radius 2 is 1.80 bits per heavy atom. The maximum Gasteiger partial charge on any atom is 0.409 e. The number of rotatable bonds is 13. The van der Waals surface area contributed by atoms with Gasteiger partial charge in [-0.1, -0.05) is 50.4 Å². The van der Waals surface area contributed by atoms with Gasteiger partial charge in [-0.05, 0) is 31.9 Å². The summed E-state index contributed by atoms with van der Waals surface area (Å²) in [4.78, 5) is 43.9. The van der Waals surface area contributed by atoms with Gasteiger partial charge in [0.2, 0.25) is 0 Å². The van der Waals surface area contributed by atoms with Crippen molar-refractivity contribution in [3.8, 4) is 0 Å². The number of ether oxygens (including phenoxy) is 2. The summed E-state index contributed by atoms with van der Waals surface area (Å²) in [5, 5.41) is 11.2. The van der Waals surface area contributed by atoms with E-state index in [9.17, 15) is 19.5 Å². The summed E-state index contributed by atoms with van der Waals surface area (Å²) in [5.41, 5.74) is 0.217. The highest BCUT2D eigenvalue weighted by Gasteiger charge is 2.30. The molecule has 186 valence electrons. The molecule has 10 heteroatoms. The van der Waals surface area contributed by atoms with Gasteiger partial charge in [0.05, 0.1) is 12.5 Å². The lowest BCUT2D eigenvalue weighted by Gasteiger charge is -2.28. The molecule has 0 bridgehead atoms. The molecule has 0 fully saturated rings. The van der Waals surface area contributed by atoms with Crippen LogP contribution in [0.5, 0.6) is 0 Å². The third kappa shape index (κ3) is 7.90. The zero-order valence-corrected chi connectivity index (χ0v) is 20.5. The normalized spacial score (nSPS) is 12.3. The summed E-state index contributed by atoms with van der Waals surface area (Å²) in [6.45, 7) is 12.4. The van der Waals surface area contributed by atoms with Crippen molar-refractivity contribution < 1.29 is 29.0 Å². The third-order valence-electron chi connectivity index (χ3n) is 5.01. The lowest BCUT2D eigenvalue weighted by Crippen LogP contribution is -2.29. The van der Waals surface area contributed by atoms with Crippen LogP contribution in [0.3, 0.4) is 0 Å². The van der Waals surface area contributed by atoms with Crippen LogP contribution in [0.4, 0.5) is 4.79 Å². The molecule has 0 aliphatic heterocycles. The number of nitrogens with one attached hydrogen (secondary N) is 1. The van der Waals surface area contributed by atoms with E-state index in [1.54, 1.807) is 6.20 Å². The van der Waals surface area contributed by atoms with Gasteiger partial charge in [-0.15, -0.1) is 11.3 Å². The number of thiazole rings is 1. The Labute approximate surface area is 208 Å². The summed E-state index contributed by atoms with van der Waals surface area (Å²) in [7, 11) is 0. The van der Waals surface area contributed by atoms with Crippen LogP contribution in [0.2, 0.25) is 0 Å². The average Bonchev–Trinajstić information content (AvgIpc) is 3.31. The number of nitrogens with zero attached hydrogens (tertiary/aromatic N) is 2. The van der Waals surface area contributed by atoms with Crippen molar-refractivity contribution in [1.29, 1.82) is 0 Å². The molecule has 0 aliphatic carbocycles. The second kappa shape index (κ2) is 13.8. The second-order valence-electron chi connectivity index (χ2n) is 7.34. The van der Waals surface area contributed by atoms with E-state index in [2.05, 4.69) is 42.1 Å². The first-order valence-electron chi connectivity index (χ1n) is 10.9. The zero-order valence-electron chi connectivity index (χ0n) is 19.7. The van der Waals surface area contributed by atoms with Crippen LogP contribution in [-0.2, 0) is 25.5 Å². The SMILES string of the molecule is C=COC(=O)/C(NC(=O)O)=C(/C(=O)OC=C)c1ncc(C(C)N(CCC)CCc2ccccc2)s1. The lowest BCUT2D eigenvalue weighted by atomic mass is 10.1. The van der Waals surface area contributed by atoms with Gasteiger partial charge in [0, 0.05) is 23.7 Å². The molecule has 1 unspecified atom stereocenters. The zero-order chi connectivity index (χ0) is 25.8. The minimum Gasteiger partial charge on any atom is -0.465 e. The molecule has 1 heterocycles. The quantitative estimate of drug-likeness (QED) is 0.235. The van der Waals surface area contributed by atoms with Gasteiger partial charge in [-0.2, -0.15) is 0 Å². The van der Waals surface area contributed by atoms with E-state index in [0.717, 1.165) is 54.7 Å². The monoisotopic (exact) mass is 499 g/mol. The molecule has 1 aromatic carbocycles. The Morgan fingerprint density at radius 3 is 2.40 bits per heavy atom. The van der Waals surface area contributed by atoms with Crippen molar-refractivity contribution in [2.75, 3.05) is 13.1 Å². The number of hydrogen-bond acceptors (Lipinski definition) is 8. The van der Waals surface area contributed by atoms with Crippen LogP contribution in [-0.4, -0.2) is 46.1 Å². The molecule has 0 radical (unpaired) electrons. The molecule has 2 aromatic rings. The van der Waals surface area contributed by atoms with Crippen LogP contribution in [0, 0.1) is 0 Å². The molecule has 0 aliphatic rings. The Hall–Kier alpha value is -3.76. The van der Waals surface area contributed by atoms with Crippen molar-refractivity contribution in [3.63, 3.8) is 0 Å². The molecule has 35 heavy (non-hydrogen) atoms. The van der Waals surface area contributed by atoms with Crippen molar-refractivity contribution in [2.24, 2.45) is 0 Å². The molecule has 2 N–H and O–H groups in total. The number of aromatic nitrogens is 1. The van der Waals surface area contributed by atoms with Gasteiger partial charge in [0.15, 0.2) is 0 Å². The van der Waals surface area contributed by atoms with E-state index >= 15 is 0 Å². The first-order valence-corrected chi connectivity index (χ1v) is 11.8. The number of carbonyl (C=O) groups is 3. The predicted octanol–water partition coefficient (Wildman–Crippen LogP) is 4.51. The molecule has 1 amide bonds. The highest BCUT2D eigenvalue weighted by Crippen LogP contribution is 2.31. The number of esters is 2. The summed E-state index contributed by atoms with van der Waals surface area (Å²) in [5.74, 6) is -2.13. The first kappa shape index (κ1) is 27.5. The number of carbonyl (C=O) groups excluding carboxylic acids is 2. The van der Waals surface area contributed by atoms with Crippen molar-refractivity contribution >= 4 is 34.9 Å². The summed E-state index contributed by atoms with van der Waals surface area (Å²) in [6, 6.07) is 10.1. The van der Waals surface area contributed by atoms with Crippen LogP contribution >= 0.6 is 11.3 Å². The summed E-state index contributed by atoms with van der Waals surface area (Å²) >= 11 is 1.16. The smallest absolute Gasteiger partial charge is 0.409 e. The van der Waals surface area contributed by atoms with E-state index < -0.39 is 23.7 Å². The molecule has 2 rings (SSSR count). The molecule has 0 saturated carbocycles. The molecule has 1 atom stereocenters. The Bertz CT molecular complexity index is 1080. The second-order valence-corrected chi connectivity index (χ2v) is 8.40. The highest BCUT2D eigenvalue weighted by atomic mass is 32.1. The molecule has 1 aromatic heterocycles. The van der Waals surface area contributed by atoms with Gasteiger partial charge in [0.25, 0.3) is 0 Å². The van der Waals surface area contributed by atoms with E-state index in [4.69, 9.17) is 9.47 Å². The lowest BCUT2D eigenvalue weighted by molar-refractivity contribution is -0.135. The Morgan fingerprint density at radius 1 is 1.14 bits per heavy atom. The number of benzene rings is 1. The van der Waals surface area contributed by atoms with Gasteiger partial charge in [-0.25, -0.2) is 19.4 Å². The minimum atomic E-state index is -1.56. The fourth-order valence-electron chi connectivity index (χ4n) is 3.37. The third-order valence-corrected chi connectivity index (χ3v) is 6.19. The Balaban J connectivity index is 2.42. The van der Waals surface area contributed by atoms with E-state index in [1.807, 2.05) is 30.4 Å². The number of carboxylic acid groups (broad SMARTS) is 1. The molecular formula is C25H29N3O6S. The minimum absolute atomic E-state index is 0.0439. The fraction of sp³-hybridized carbons (Fsp3) is 0.280. The molecular weight excluding hydrogens is 470 g/mol. The van der Waals surface area contributed by atoms with E-state index in [0.29, 0.717) is 0 Å². The summed E-state index contributed by atoms with van der Waals surface area (Å²) in [6.07, 6.45) is 3.56. The molecule has 9 nitrogen and oxygen atoms in total. The van der Waals surface area contributed by atoms with Gasteiger partial charge in [-0.3, -0.25) is 10.2 Å². The summed E-state index contributed by atoms with van der Waals surface area (Å²) < 4.78 is 9.56. The molecule has 0 spiro atoms. The fourth-order valence-corrected chi connectivity index (χ4v) is 4.41. The van der Waals surface area contributed by atoms with Crippen molar-refractivity contribution in [3.05, 3.63) is 83.4 Å². The van der Waals surface area contributed by atoms with Crippen molar-refractivity contribution in [1.82, 2.24) is 15.2 Å². The predicted molar refractivity (Wildman–Crippen MR) is 133 cm³/mol. The van der Waals surface area contributed by atoms with Gasteiger partial charge >= 0.3 is 18.0 Å². The standard InChI is InChI=1S/C25H29N3O6S/c1-5-14-28(15-13-18-11-9-8-10-12-18)17(4)19-16-26-22(35-19)20(23(29)33-6-2)21(27-25(31)32)24(30)34-7-3/h6-12,16-17,27H,2-3,5,13-15H2,1,4H3,(H,31,32)/b21-20-. The van der Waals surface area contributed by atoms with Crippen LogP contribution < -0.4 is 5.32 Å². The van der Waals surface area contributed by atoms with Gasteiger partial charge < -0.3 is 14.6 Å². The maximum absolute atomic E-state index is 12.7. The van der Waals surface area contributed by atoms with Crippen molar-refractivity contribution in [2.45, 2.75) is 32.7 Å². The average molecular weight is 500 g/mol. The number of amides is 1. The van der Waals surface area contributed by atoms with E-state index in [1.165, 1.54) is 5.56 Å². The Kier molecular flexibility index (Phi) is 10.9. The van der Waals surface area contributed by atoms with E-state index in [-0.39, 0.29) is 16.6 Å². The topological polar surface area (TPSA) is 118 Å². The largest absolute Gasteiger partial charge is 0.465 e. The van der Waals surface area contributed by atoms with Gasteiger partial charge in [0.1, 0.15) is 16.3 Å².